The lowest BCUT2D eigenvalue weighted by atomic mass is 9.91. The van der Waals surface area contributed by atoms with E-state index in [0.717, 1.165) is 5.56 Å². The molecule has 1 atom stereocenters. The van der Waals surface area contributed by atoms with Gasteiger partial charge >= 0.3 is 5.97 Å². The molecule has 0 spiro atoms. The van der Waals surface area contributed by atoms with Gasteiger partial charge in [0.05, 0.1) is 5.88 Å². The summed E-state index contributed by atoms with van der Waals surface area (Å²) in [6.45, 7) is 3.67. The number of benzene rings is 1. The molecule has 1 fully saturated rings. The number of carbonyl (C=O) groups is 1. The standard InChI is InChI=1S/C12H11ClO2/c1-9-7-12(8-13,15-11(9)14)10-5-3-2-4-6-10/h2-6H,1,7-8H2/t12-/m0/s1. The third-order valence-electron chi connectivity index (χ3n) is 2.59. The molecule has 0 unspecified atom stereocenters. The molecule has 1 aliphatic heterocycles. The third kappa shape index (κ3) is 1.65. The average Bonchev–Trinajstić information content (AvgIpc) is 2.57. The SMILES string of the molecule is C=C1C[C@](CCl)(c2ccccc2)OC1=O. The zero-order valence-electron chi connectivity index (χ0n) is 8.20. The van der Waals surface area contributed by atoms with Gasteiger partial charge in [-0.25, -0.2) is 4.79 Å². The van der Waals surface area contributed by atoms with Gasteiger partial charge in [-0.3, -0.25) is 0 Å². The summed E-state index contributed by atoms with van der Waals surface area (Å²) >= 11 is 5.91. The first-order valence-corrected chi connectivity index (χ1v) is 5.24. The summed E-state index contributed by atoms with van der Waals surface area (Å²) in [5, 5.41) is 0. The fourth-order valence-electron chi connectivity index (χ4n) is 1.76. The maximum absolute atomic E-state index is 11.3. The molecule has 78 valence electrons. The van der Waals surface area contributed by atoms with Crippen LogP contribution in [0.5, 0.6) is 0 Å². The lowest BCUT2D eigenvalue weighted by molar-refractivity contribution is -0.145. The molecule has 15 heavy (non-hydrogen) atoms. The lowest BCUT2D eigenvalue weighted by Gasteiger charge is -2.24. The fraction of sp³-hybridized carbons (Fsp3) is 0.250. The van der Waals surface area contributed by atoms with Gasteiger partial charge in [0.15, 0.2) is 5.60 Å². The predicted octanol–water partition coefficient (Wildman–Crippen LogP) is 2.62. The molecule has 3 heteroatoms. The van der Waals surface area contributed by atoms with Crippen LogP contribution in [0, 0.1) is 0 Å². The van der Waals surface area contributed by atoms with E-state index in [1.54, 1.807) is 0 Å². The van der Waals surface area contributed by atoms with Crippen molar-refractivity contribution in [2.75, 3.05) is 5.88 Å². The molecule has 0 radical (unpaired) electrons. The van der Waals surface area contributed by atoms with Crippen LogP contribution in [0.25, 0.3) is 0 Å². The molecule has 0 aromatic heterocycles. The van der Waals surface area contributed by atoms with E-state index in [4.69, 9.17) is 16.3 Å². The molecule has 0 saturated carbocycles. The molecule has 1 saturated heterocycles. The van der Waals surface area contributed by atoms with Crippen molar-refractivity contribution in [2.24, 2.45) is 0 Å². The minimum atomic E-state index is -0.711. The summed E-state index contributed by atoms with van der Waals surface area (Å²) in [6.07, 6.45) is 0.472. The Kier molecular flexibility index (Phi) is 2.53. The Morgan fingerprint density at radius 2 is 2.07 bits per heavy atom. The first kappa shape index (κ1) is 10.2. The maximum atomic E-state index is 11.3. The molecular weight excluding hydrogens is 212 g/mol. The molecule has 0 bridgehead atoms. The second-order valence-electron chi connectivity index (χ2n) is 3.66. The highest BCUT2D eigenvalue weighted by Crippen LogP contribution is 2.39. The number of ether oxygens (including phenoxy) is 1. The predicted molar refractivity (Wildman–Crippen MR) is 58.7 cm³/mol. The van der Waals surface area contributed by atoms with Gasteiger partial charge in [0.1, 0.15) is 0 Å². The molecular formula is C12H11ClO2. The van der Waals surface area contributed by atoms with Crippen molar-refractivity contribution in [3.63, 3.8) is 0 Å². The van der Waals surface area contributed by atoms with E-state index in [9.17, 15) is 4.79 Å². The van der Waals surface area contributed by atoms with Crippen LogP contribution in [-0.4, -0.2) is 11.8 Å². The van der Waals surface area contributed by atoms with Gasteiger partial charge < -0.3 is 4.74 Å². The highest BCUT2D eigenvalue weighted by molar-refractivity contribution is 6.19. The molecule has 0 amide bonds. The van der Waals surface area contributed by atoms with Crippen LogP contribution >= 0.6 is 11.6 Å². The van der Waals surface area contributed by atoms with Crippen molar-refractivity contribution >= 4 is 17.6 Å². The van der Waals surface area contributed by atoms with Crippen LogP contribution < -0.4 is 0 Å². The van der Waals surface area contributed by atoms with Crippen molar-refractivity contribution in [3.8, 4) is 0 Å². The Labute approximate surface area is 93.5 Å². The molecule has 2 rings (SSSR count). The first-order valence-electron chi connectivity index (χ1n) is 4.70. The van der Waals surface area contributed by atoms with Crippen molar-refractivity contribution in [1.82, 2.24) is 0 Å². The topological polar surface area (TPSA) is 26.3 Å². The molecule has 1 aliphatic rings. The molecule has 0 aliphatic carbocycles. The van der Waals surface area contributed by atoms with E-state index in [0.29, 0.717) is 12.0 Å². The molecule has 1 aromatic rings. The number of cyclic esters (lactones) is 1. The third-order valence-corrected chi connectivity index (χ3v) is 3.02. The monoisotopic (exact) mass is 222 g/mol. The second-order valence-corrected chi connectivity index (χ2v) is 3.93. The Morgan fingerprint density at radius 3 is 2.53 bits per heavy atom. The van der Waals surface area contributed by atoms with Gasteiger partial charge in [0, 0.05) is 12.0 Å². The summed E-state index contributed by atoms with van der Waals surface area (Å²) in [5.74, 6) is -0.0959. The number of carbonyl (C=O) groups excluding carboxylic acids is 1. The Morgan fingerprint density at radius 1 is 1.40 bits per heavy atom. The molecule has 2 nitrogen and oxygen atoms in total. The zero-order chi connectivity index (χ0) is 10.9. The van der Waals surface area contributed by atoms with Gasteiger partial charge in [-0.1, -0.05) is 36.9 Å². The van der Waals surface area contributed by atoms with Crippen LogP contribution in [0.3, 0.4) is 0 Å². The van der Waals surface area contributed by atoms with Gasteiger partial charge in [-0.2, -0.15) is 0 Å². The van der Waals surface area contributed by atoms with Gasteiger partial charge in [0.2, 0.25) is 0 Å². The van der Waals surface area contributed by atoms with Crippen LogP contribution in [0.15, 0.2) is 42.5 Å². The number of esters is 1. The minimum absolute atomic E-state index is 0.252. The Bertz CT molecular complexity index is 381. The van der Waals surface area contributed by atoms with Crippen molar-refractivity contribution < 1.29 is 9.53 Å². The van der Waals surface area contributed by atoms with E-state index in [-0.39, 0.29) is 11.8 Å². The maximum Gasteiger partial charge on any atom is 0.334 e. The first-order chi connectivity index (χ1) is 7.18. The number of hydrogen-bond acceptors (Lipinski definition) is 2. The number of alkyl halides is 1. The normalized spacial score (nSPS) is 25.4. The average molecular weight is 223 g/mol. The van der Waals surface area contributed by atoms with E-state index in [1.807, 2.05) is 30.3 Å². The fourth-order valence-corrected chi connectivity index (χ4v) is 2.06. The minimum Gasteiger partial charge on any atom is -0.449 e. The van der Waals surface area contributed by atoms with Crippen LogP contribution in [-0.2, 0) is 15.1 Å². The number of rotatable bonds is 2. The summed E-state index contributed by atoms with van der Waals surface area (Å²) < 4.78 is 5.33. The van der Waals surface area contributed by atoms with E-state index in [2.05, 4.69) is 6.58 Å². The van der Waals surface area contributed by atoms with Crippen molar-refractivity contribution in [1.29, 1.82) is 0 Å². The van der Waals surface area contributed by atoms with E-state index >= 15 is 0 Å². The molecule has 1 heterocycles. The Hall–Kier alpha value is -1.28. The second kappa shape index (κ2) is 3.70. The number of halogens is 1. The van der Waals surface area contributed by atoms with E-state index < -0.39 is 5.60 Å². The van der Waals surface area contributed by atoms with Crippen molar-refractivity contribution in [2.45, 2.75) is 12.0 Å². The smallest absolute Gasteiger partial charge is 0.334 e. The van der Waals surface area contributed by atoms with Crippen LogP contribution in [0.2, 0.25) is 0 Å². The largest absolute Gasteiger partial charge is 0.449 e. The van der Waals surface area contributed by atoms with Crippen molar-refractivity contribution in [3.05, 3.63) is 48.0 Å². The lowest BCUT2D eigenvalue weighted by Crippen LogP contribution is -2.27. The highest BCUT2D eigenvalue weighted by atomic mass is 35.5. The summed E-state index contributed by atoms with van der Waals surface area (Å²) in [4.78, 5) is 11.3. The van der Waals surface area contributed by atoms with Gasteiger partial charge in [-0.05, 0) is 5.56 Å². The summed E-state index contributed by atoms with van der Waals surface area (Å²) in [7, 11) is 0. The highest BCUT2D eigenvalue weighted by Gasteiger charge is 2.43. The van der Waals surface area contributed by atoms with Gasteiger partial charge in [-0.15, -0.1) is 11.6 Å². The molecule has 1 aromatic carbocycles. The zero-order valence-corrected chi connectivity index (χ0v) is 8.96. The van der Waals surface area contributed by atoms with Crippen LogP contribution in [0.4, 0.5) is 0 Å². The summed E-state index contributed by atoms with van der Waals surface area (Å²) in [6, 6.07) is 9.54. The van der Waals surface area contributed by atoms with E-state index in [1.165, 1.54) is 0 Å². The van der Waals surface area contributed by atoms with Gasteiger partial charge in [0.25, 0.3) is 0 Å². The number of hydrogen-bond donors (Lipinski definition) is 0. The summed E-state index contributed by atoms with van der Waals surface area (Å²) in [5.41, 5.74) is 0.697. The quantitative estimate of drug-likeness (QED) is 0.437. The Balaban J connectivity index is 2.40. The molecule has 0 N–H and O–H groups in total. The van der Waals surface area contributed by atoms with Crippen LogP contribution in [0.1, 0.15) is 12.0 Å².